The summed E-state index contributed by atoms with van der Waals surface area (Å²) in [5.41, 5.74) is 4.15. The largest absolute Gasteiger partial charge is 0.416 e. The first kappa shape index (κ1) is 28.7. The van der Waals surface area contributed by atoms with Crippen molar-refractivity contribution in [1.29, 1.82) is 0 Å². The van der Waals surface area contributed by atoms with E-state index in [2.05, 4.69) is 67.0 Å². The summed E-state index contributed by atoms with van der Waals surface area (Å²) in [5, 5.41) is 33.3. The van der Waals surface area contributed by atoms with Gasteiger partial charge in [0.1, 0.15) is 0 Å². The predicted octanol–water partition coefficient (Wildman–Crippen LogP) is 10.3. The molecule has 10 rings (SSSR count). The molecule has 0 N–H and O–H groups in total. The van der Waals surface area contributed by atoms with E-state index in [-0.39, 0.29) is 17.7 Å². The van der Waals surface area contributed by atoms with Crippen LogP contribution >= 0.6 is 0 Å². The maximum Gasteiger partial charge on any atom is 0.249 e. The zero-order chi connectivity index (χ0) is 33.7. The summed E-state index contributed by atoms with van der Waals surface area (Å²) in [6.07, 6.45) is 0. The van der Waals surface area contributed by atoms with Crippen LogP contribution in [0.2, 0.25) is 0 Å². The summed E-state index contributed by atoms with van der Waals surface area (Å²) >= 11 is 0. The van der Waals surface area contributed by atoms with Crippen molar-refractivity contribution in [2.75, 3.05) is 0 Å². The summed E-state index contributed by atoms with van der Waals surface area (Å²) in [5.74, 6) is 1.92. The minimum absolute atomic E-state index is 0.235. The van der Waals surface area contributed by atoms with Crippen LogP contribution in [0.1, 0.15) is 0 Å². The molecular formula is C42H24N6O3. The van der Waals surface area contributed by atoms with Crippen molar-refractivity contribution in [2.24, 2.45) is 0 Å². The maximum atomic E-state index is 6.48. The van der Waals surface area contributed by atoms with E-state index in [0.717, 1.165) is 49.0 Å². The number of hydrogen-bond donors (Lipinski definition) is 0. The molecule has 0 radical (unpaired) electrons. The van der Waals surface area contributed by atoms with E-state index >= 15 is 0 Å². The van der Waals surface area contributed by atoms with Gasteiger partial charge in [0.15, 0.2) is 0 Å². The summed E-state index contributed by atoms with van der Waals surface area (Å²) in [7, 11) is 0. The first-order valence-electron chi connectivity index (χ1n) is 16.4. The Kier molecular flexibility index (Phi) is 6.60. The highest BCUT2D eigenvalue weighted by molar-refractivity contribution is 5.97. The van der Waals surface area contributed by atoms with E-state index in [0.29, 0.717) is 34.4 Å². The lowest BCUT2D eigenvalue weighted by Gasteiger charge is -2.08. The molecule has 10 aromatic rings. The quantitative estimate of drug-likeness (QED) is 0.172. The third-order valence-corrected chi connectivity index (χ3v) is 9.07. The van der Waals surface area contributed by atoms with Crippen molar-refractivity contribution >= 4 is 32.3 Å². The van der Waals surface area contributed by atoms with Gasteiger partial charge in [0.05, 0.1) is 16.7 Å². The molecule has 7 aromatic carbocycles. The molecule has 0 spiro atoms. The molecule has 0 fully saturated rings. The Bertz CT molecular complexity index is 2750. The normalized spacial score (nSPS) is 11.5. The van der Waals surface area contributed by atoms with Gasteiger partial charge in [-0.3, -0.25) is 0 Å². The van der Waals surface area contributed by atoms with Crippen LogP contribution in [0, 0.1) is 0 Å². The SMILES string of the molecule is c1cc(-c2nnc(-c3cccc4ccccc34)o2)c(-c2nnc(-c3cccc4ccccc34)o2)c(-c2nnc(-c3cccc4ccccc34)o2)c1. The molecule has 240 valence electrons. The van der Waals surface area contributed by atoms with Crippen LogP contribution in [0.5, 0.6) is 0 Å². The standard InChI is InChI=1S/C42H24N6O3/c1-4-17-28-25(11-1)14-7-20-31(28)37-43-46-40(49-37)34-23-10-24-35(41-47-44-38(50-41)32-21-8-15-26-12-2-5-18-29(26)32)36(34)42-48-45-39(51-42)33-22-9-16-27-13-3-6-19-30(27)33/h1-24H. The van der Waals surface area contributed by atoms with E-state index in [9.17, 15) is 0 Å². The van der Waals surface area contributed by atoms with E-state index in [4.69, 9.17) is 13.3 Å². The Morgan fingerprint density at radius 1 is 0.255 bits per heavy atom. The lowest BCUT2D eigenvalue weighted by atomic mass is 10.0. The number of aromatic nitrogens is 6. The van der Waals surface area contributed by atoms with Crippen LogP contribution < -0.4 is 0 Å². The summed E-state index contributed by atoms with van der Waals surface area (Å²) < 4.78 is 19.3. The molecular weight excluding hydrogens is 637 g/mol. The first-order chi connectivity index (χ1) is 25.3. The monoisotopic (exact) mass is 660 g/mol. The Hall–Kier alpha value is -7.26. The molecule has 0 amide bonds. The number of benzene rings is 7. The van der Waals surface area contributed by atoms with Crippen LogP contribution in [0.3, 0.4) is 0 Å². The van der Waals surface area contributed by atoms with Gasteiger partial charge < -0.3 is 13.3 Å². The van der Waals surface area contributed by atoms with E-state index < -0.39 is 0 Å². The van der Waals surface area contributed by atoms with Crippen molar-refractivity contribution in [3.63, 3.8) is 0 Å². The Labute approximate surface area is 289 Å². The zero-order valence-corrected chi connectivity index (χ0v) is 26.8. The van der Waals surface area contributed by atoms with Crippen LogP contribution in [0.4, 0.5) is 0 Å². The summed E-state index contributed by atoms with van der Waals surface area (Å²) in [6.45, 7) is 0. The number of rotatable bonds is 6. The van der Waals surface area contributed by atoms with Crippen LogP contribution in [-0.4, -0.2) is 30.6 Å². The lowest BCUT2D eigenvalue weighted by Crippen LogP contribution is -1.91. The summed E-state index contributed by atoms with van der Waals surface area (Å²) in [6, 6.07) is 47.9. The number of fused-ring (bicyclic) bond motifs is 3. The second kappa shape index (κ2) is 11.7. The molecule has 0 atom stereocenters. The third-order valence-electron chi connectivity index (χ3n) is 9.07. The first-order valence-corrected chi connectivity index (χ1v) is 16.4. The van der Waals surface area contributed by atoms with Crippen molar-refractivity contribution in [3.8, 4) is 68.7 Å². The van der Waals surface area contributed by atoms with Crippen molar-refractivity contribution in [2.45, 2.75) is 0 Å². The van der Waals surface area contributed by atoms with Crippen molar-refractivity contribution in [3.05, 3.63) is 146 Å². The molecule has 0 saturated carbocycles. The minimum Gasteiger partial charge on any atom is -0.416 e. The average Bonchev–Trinajstić information content (AvgIpc) is 3.99. The van der Waals surface area contributed by atoms with Gasteiger partial charge in [-0.2, -0.15) is 0 Å². The molecule has 9 nitrogen and oxygen atoms in total. The third kappa shape index (κ3) is 4.87. The second-order valence-corrected chi connectivity index (χ2v) is 12.0. The molecule has 0 aliphatic rings. The van der Waals surface area contributed by atoms with Crippen molar-refractivity contribution < 1.29 is 13.3 Å². The van der Waals surface area contributed by atoms with E-state index in [1.54, 1.807) is 0 Å². The van der Waals surface area contributed by atoms with Gasteiger partial charge in [0, 0.05) is 16.7 Å². The molecule has 0 bridgehead atoms. The minimum atomic E-state index is 0.235. The fraction of sp³-hybridized carbons (Fsp3) is 0. The molecule has 9 heteroatoms. The van der Waals surface area contributed by atoms with Gasteiger partial charge in [0.25, 0.3) is 0 Å². The zero-order valence-electron chi connectivity index (χ0n) is 26.8. The van der Waals surface area contributed by atoms with E-state index in [1.807, 2.05) is 109 Å². The van der Waals surface area contributed by atoms with Crippen LogP contribution in [-0.2, 0) is 0 Å². The molecule has 0 aliphatic carbocycles. The van der Waals surface area contributed by atoms with Gasteiger partial charge in [-0.05, 0) is 62.6 Å². The highest BCUT2D eigenvalue weighted by Crippen LogP contribution is 2.42. The molecule has 51 heavy (non-hydrogen) atoms. The molecule has 0 unspecified atom stereocenters. The molecule has 3 heterocycles. The smallest absolute Gasteiger partial charge is 0.249 e. The fourth-order valence-electron chi connectivity index (χ4n) is 6.69. The van der Waals surface area contributed by atoms with Crippen LogP contribution in [0.25, 0.3) is 101 Å². The predicted molar refractivity (Wildman–Crippen MR) is 195 cm³/mol. The molecule has 0 saturated heterocycles. The van der Waals surface area contributed by atoms with Gasteiger partial charge in [-0.25, -0.2) is 0 Å². The summed E-state index contributed by atoms with van der Waals surface area (Å²) in [4.78, 5) is 0. The number of hydrogen-bond acceptors (Lipinski definition) is 9. The second-order valence-electron chi connectivity index (χ2n) is 12.0. The van der Waals surface area contributed by atoms with Crippen molar-refractivity contribution in [1.82, 2.24) is 30.6 Å². The highest BCUT2D eigenvalue weighted by atomic mass is 16.4. The molecule has 3 aromatic heterocycles. The topological polar surface area (TPSA) is 117 Å². The maximum absolute atomic E-state index is 6.48. The fourth-order valence-corrected chi connectivity index (χ4v) is 6.69. The van der Waals surface area contributed by atoms with Gasteiger partial charge in [-0.15, -0.1) is 30.6 Å². The Morgan fingerprint density at radius 2 is 0.529 bits per heavy atom. The van der Waals surface area contributed by atoms with Gasteiger partial charge >= 0.3 is 0 Å². The van der Waals surface area contributed by atoms with Gasteiger partial charge in [-0.1, -0.05) is 115 Å². The molecule has 0 aliphatic heterocycles. The number of nitrogens with zero attached hydrogens (tertiary/aromatic N) is 6. The Balaban J connectivity index is 1.15. The lowest BCUT2D eigenvalue weighted by molar-refractivity contribution is 0.574. The van der Waals surface area contributed by atoms with Crippen LogP contribution in [0.15, 0.2) is 159 Å². The van der Waals surface area contributed by atoms with E-state index in [1.165, 1.54) is 0 Å². The average molecular weight is 661 g/mol. The Morgan fingerprint density at radius 3 is 0.941 bits per heavy atom. The highest BCUT2D eigenvalue weighted by Gasteiger charge is 2.26. The van der Waals surface area contributed by atoms with Gasteiger partial charge in [0.2, 0.25) is 35.3 Å².